The summed E-state index contributed by atoms with van der Waals surface area (Å²) in [4.78, 5) is 24.5. The number of allylic oxidation sites excluding steroid dienone is 4. The summed E-state index contributed by atoms with van der Waals surface area (Å²) in [5.41, 5.74) is 0. The Kier molecular flexibility index (Phi) is 61.4. The van der Waals surface area contributed by atoms with Gasteiger partial charge in [0, 0.05) is 12.8 Å². The normalized spacial score (nSPS) is 12.7. The molecule has 73 heavy (non-hydrogen) atoms. The van der Waals surface area contributed by atoms with Gasteiger partial charge in [-0.25, -0.2) is 0 Å². The zero-order chi connectivity index (χ0) is 52.9. The van der Waals surface area contributed by atoms with Crippen LogP contribution in [-0.2, 0) is 14.3 Å². The average Bonchev–Trinajstić information content (AvgIpc) is 3.39. The van der Waals surface area contributed by atoms with Crippen LogP contribution in [0.25, 0.3) is 0 Å². The molecule has 0 aliphatic heterocycles. The van der Waals surface area contributed by atoms with Gasteiger partial charge in [-0.15, -0.1) is 0 Å². The van der Waals surface area contributed by atoms with Crippen molar-refractivity contribution >= 4 is 11.9 Å². The lowest BCUT2D eigenvalue weighted by atomic mass is 10.0. The Hall–Kier alpha value is -1.66. The number of carbonyl (C=O) groups excluding carboxylic acids is 2. The molecule has 0 saturated carbocycles. The van der Waals surface area contributed by atoms with E-state index in [2.05, 4.69) is 43.5 Å². The van der Waals surface area contributed by atoms with Gasteiger partial charge >= 0.3 is 5.97 Å². The van der Waals surface area contributed by atoms with Crippen molar-refractivity contribution in [3.63, 3.8) is 0 Å². The lowest BCUT2D eigenvalue weighted by Gasteiger charge is -2.22. The van der Waals surface area contributed by atoms with Gasteiger partial charge in [0.05, 0.1) is 25.4 Å². The molecule has 0 aromatic heterocycles. The van der Waals surface area contributed by atoms with Gasteiger partial charge in [-0.05, 0) is 57.8 Å². The summed E-state index contributed by atoms with van der Waals surface area (Å²) >= 11 is 0. The second-order valence-electron chi connectivity index (χ2n) is 22.8. The number of amides is 1. The predicted molar refractivity (Wildman–Crippen MR) is 320 cm³/mol. The first-order valence-corrected chi connectivity index (χ1v) is 33.1. The maximum atomic E-state index is 12.5. The lowest BCUT2D eigenvalue weighted by molar-refractivity contribution is -0.143. The number of aliphatic hydroxyl groups excluding tert-OH is 2. The summed E-state index contributed by atoms with van der Waals surface area (Å²) in [5.74, 6) is -0.0222. The van der Waals surface area contributed by atoms with E-state index >= 15 is 0 Å². The molecule has 0 spiro atoms. The zero-order valence-corrected chi connectivity index (χ0v) is 49.4. The summed E-state index contributed by atoms with van der Waals surface area (Å²) in [5, 5.41) is 23.3. The van der Waals surface area contributed by atoms with Gasteiger partial charge in [-0.1, -0.05) is 321 Å². The van der Waals surface area contributed by atoms with Gasteiger partial charge in [0.25, 0.3) is 0 Å². The number of hydrogen-bond acceptors (Lipinski definition) is 5. The Bertz CT molecular complexity index is 1140. The lowest BCUT2D eigenvalue weighted by Crippen LogP contribution is -2.45. The van der Waals surface area contributed by atoms with E-state index in [9.17, 15) is 19.8 Å². The molecule has 0 aliphatic carbocycles. The Balaban J connectivity index is 3.40. The van der Waals surface area contributed by atoms with Crippen molar-refractivity contribution in [2.75, 3.05) is 13.2 Å². The summed E-state index contributed by atoms with van der Waals surface area (Å²) in [7, 11) is 0. The van der Waals surface area contributed by atoms with Crippen molar-refractivity contribution in [1.29, 1.82) is 0 Å². The number of carbonyl (C=O) groups is 2. The fraction of sp³-hybridized carbons (Fsp3) is 0.910. The van der Waals surface area contributed by atoms with Crippen LogP contribution in [0.5, 0.6) is 0 Å². The first-order valence-electron chi connectivity index (χ1n) is 33.1. The molecular weight excluding hydrogens is 899 g/mol. The second-order valence-corrected chi connectivity index (χ2v) is 22.8. The van der Waals surface area contributed by atoms with Gasteiger partial charge in [0.2, 0.25) is 5.91 Å². The van der Waals surface area contributed by atoms with Crippen LogP contribution in [0, 0.1) is 0 Å². The van der Waals surface area contributed by atoms with E-state index in [1.54, 1.807) is 0 Å². The molecule has 2 atom stereocenters. The molecule has 0 rings (SSSR count). The highest BCUT2D eigenvalue weighted by atomic mass is 16.5. The maximum Gasteiger partial charge on any atom is 0.305 e. The van der Waals surface area contributed by atoms with Crippen molar-refractivity contribution in [2.24, 2.45) is 0 Å². The number of hydrogen-bond donors (Lipinski definition) is 3. The molecule has 0 radical (unpaired) electrons. The third kappa shape index (κ3) is 59.4. The highest BCUT2D eigenvalue weighted by Crippen LogP contribution is 2.18. The first-order chi connectivity index (χ1) is 36.0. The molecular formula is C67H129NO5. The first kappa shape index (κ1) is 71.3. The van der Waals surface area contributed by atoms with Crippen LogP contribution in [0.15, 0.2) is 24.3 Å². The van der Waals surface area contributed by atoms with Crippen LogP contribution in [0.3, 0.4) is 0 Å². The van der Waals surface area contributed by atoms with E-state index in [0.29, 0.717) is 25.9 Å². The minimum Gasteiger partial charge on any atom is -0.466 e. The highest BCUT2D eigenvalue weighted by molar-refractivity contribution is 5.76. The number of esters is 1. The Morgan fingerprint density at radius 2 is 0.685 bits per heavy atom. The number of aliphatic hydroxyl groups is 2. The van der Waals surface area contributed by atoms with Gasteiger partial charge in [-0.2, -0.15) is 0 Å². The van der Waals surface area contributed by atoms with Crippen molar-refractivity contribution in [3.8, 4) is 0 Å². The predicted octanol–water partition coefficient (Wildman–Crippen LogP) is 21.0. The molecule has 0 aliphatic rings. The Morgan fingerprint density at radius 1 is 0.384 bits per heavy atom. The Morgan fingerprint density at radius 3 is 1.04 bits per heavy atom. The van der Waals surface area contributed by atoms with Gasteiger partial charge < -0.3 is 20.3 Å². The quantitative estimate of drug-likeness (QED) is 0.0320. The number of unbranched alkanes of at least 4 members (excludes halogenated alkanes) is 47. The SMILES string of the molecule is CCCCCCCCCCCCCCCCCC(=O)OCCCCCCCCCCC/C=C\C/C=C\CCCCCCCCCCCCCC(=O)NC(CO)C(O)CCCCCCCCCCCCCCCC. The fourth-order valence-electron chi connectivity index (χ4n) is 10.4. The van der Waals surface area contributed by atoms with Crippen LogP contribution < -0.4 is 5.32 Å². The van der Waals surface area contributed by atoms with E-state index < -0.39 is 12.1 Å². The summed E-state index contributed by atoms with van der Waals surface area (Å²) in [6, 6.07) is -0.543. The monoisotopic (exact) mass is 1030 g/mol. The molecule has 0 aromatic rings. The van der Waals surface area contributed by atoms with Crippen molar-refractivity contribution in [1.82, 2.24) is 5.32 Å². The van der Waals surface area contributed by atoms with Gasteiger partial charge in [-0.3, -0.25) is 9.59 Å². The minimum absolute atomic E-state index is 0.0140. The summed E-state index contributed by atoms with van der Waals surface area (Å²) < 4.78 is 5.49. The van der Waals surface area contributed by atoms with Crippen molar-refractivity contribution in [3.05, 3.63) is 24.3 Å². The minimum atomic E-state index is -0.666. The summed E-state index contributed by atoms with van der Waals surface area (Å²) in [6.07, 6.45) is 77.8. The molecule has 6 nitrogen and oxygen atoms in total. The molecule has 3 N–H and O–H groups in total. The standard InChI is InChI=1S/C67H129NO5/c1-3-5-7-9-11-13-15-17-32-37-41-45-49-53-57-61-67(72)73-62-58-54-50-46-42-38-34-31-29-27-25-23-21-19-20-22-24-26-28-30-33-36-40-44-48-52-56-60-66(71)68-64(63-69)65(70)59-55-51-47-43-39-35-18-16-14-12-10-8-6-4-2/h19-20,23,25,64-65,69-70H,3-18,21-22,24,26-63H2,1-2H3,(H,68,71)/b20-19-,25-23-. The largest absolute Gasteiger partial charge is 0.466 e. The molecule has 0 heterocycles. The van der Waals surface area contributed by atoms with E-state index in [1.165, 1.54) is 289 Å². The molecule has 1 amide bonds. The van der Waals surface area contributed by atoms with Gasteiger partial charge in [0.15, 0.2) is 0 Å². The van der Waals surface area contributed by atoms with Crippen LogP contribution >= 0.6 is 0 Å². The second kappa shape index (κ2) is 62.9. The molecule has 6 heteroatoms. The van der Waals surface area contributed by atoms with E-state index in [-0.39, 0.29) is 18.5 Å². The van der Waals surface area contributed by atoms with E-state index in [4.69, 9.17) is 4.74 Å². The van der Waals surface area contributed by atoms with E-state index in [1.807, 2.05) is 0 Å². The third-order valence-corrected chi connectivity index (χ3v) is 15.5. The smallest absolute Gasteiger partial charge is 0.305 e. The number of rotatable bonds is 62. The third-order valence-electron chi connectivity index (χ3n) is 15.5. The van der Waals surface area contributed by atoms with Crippen LogP contribution in [0.1, 0.15) is 367 Å². The highest BCUT2D eigenvalue weighted by Gasteiger charge is 2.20. The molecule has 2 unspecified atom stereocenters. The average molecular weight is 1030 g/mol. The van der Waals surface area contributed by atoms with Crippen molar-refractivity contribution < 1.29 is 24.5 Å². The van der Waals surface area contributed by atoms with Gasteiger partial charge in [0.1, 0.15) is 0 Å². The van der Waals surface area contributed by atoms with Crippen molar-refractivity contribution in [2.45, 2.75) is 379 Å². The van der Waals surface area contributed by atoms with Crippen LogP contribution in [-0.4, -0.2) is 47.4 Å². The molecule has 0 fully saturated rings. The Labute approximate surface area is 456 Å². The van der Waals surface area contributed by atoms with Crippen LogP contribution in [0.4, 0.5) is 0 Å². The molecule has 432 valence electrons. The topological polar surface area (TPSA) is 95.9 Å². The van der Waals surface area contributed by atoms with E-state index in [0.717, 1.165) is 44.9 Å². The van der Waals surface area contributed by atoms with Crippen LogP contribution in [0.2, 0.25) is 0 Å². The number of nitrogens with one attached hydrogen (secondary N) is 1. The summed E-state index contributed by atoms with van der Waals surface area (Å²) in [6.45, 7) is 4.98. The molecule has 0 bridgehead atoms. The molecule has 0 saturated heterocycles. The maximum absolute atomic E-state index is 12.5. The fourth-order valence-corrected chi connectivity index (χ4v) is 10.4. The molecule has 0 aromatic carbocycles. The number of ether oxygens (including phenoxy) is 1. The zero-order valence-electron chi connectivity index (χ0n) is 49.4.